The Morgan fingerprint density at radius 1 is 0.596 bits per heavy atom. The first kappa shape index (κ1) is 31.9. The van der Waals surface area contributed by atoms with Gasteiger partial charge >= 0.3 is 6.85 Å². The summed E-state index contributed by atoms with van der Waals surface area (Å²) in [6, 6.07) is 40.7. The summed E-state index contributed by atoms with van der Waals surface area (Å²) in [6.45, 7) is 23.8. The maximum atomic E-state index is 2.77. The van der Waals surface area contributed by atoms with Crippen molar-refractivity contribution in [3.05, 3.63) is 125 Å². The van der Waals surface area contributed by atoms with E-state index in [1.807, 2.05) is 0 Å². The third-order valence-corrected chi connectivity index (χ3v) is 16.2. The minimum atomic E-state index is -2.01. The Bertz CT molecular complexity index is 2700. The summed E-state index contributed by atoms with van der Waals surface area (Å²) < 4.78 is 2.65. The van der Waals surface area contributed by atoms with Gasteiger partial charge in [0.25, 0.3) is 0 Å². The lowest BCUT2D eigenvalue weighted by Gasteiger charge is -2.49. The van der Waals surface area contributed by atoms with E-state index >= 15 is 0 Å². The highest BCUT2D eigenvalue weighted by atomic mass is 28.3. The van der Waals surface area contributed by atoms with Crippen molar-refractivity contribution < 1.29 is 0 Å². The predicted octanol–water partition coefficient (Wildman–Crippen LogP) is 10.0. The van der Waals surface area contributed by atoms with Crippen molar-refractivity contribution in [2.24, 2.45) is 0 Å². The third kappa shape index (κ3) is 4.08. The fraction of sp³-hybridized carbons (Fsp3) is 0.250. The van der Waals surface area contributed by atoms with E-state index in [2.05, 4.69) is 181 Å². The topological polar surface area (TPSA) is 8.17 Å². The van der Waals surface area contributed by atoms with Crippen LogP contribution in [0.15, 0.2) is 103 Å². The Morgan fingerprint density at radius 3 is 2.00 bits per heavy atom. The summed E-state index contributed by atoms with van der Waals surface area (Å²) in [6.07, 6.45) is 0. The summed E-state index contributed by atoms with van der Waals surface area (Å²) in [5.41, 5.74) is 20.5. The minimum Gasteiger partial charge on any atom is -0.377 e. The maximum absolute atomic E-state index is 2.77. The fourth-order valence-electron chi connectivity index (χ4n) is 9.98. The second kappa shape index (κ2) is 10.2. The maximum Gasteiger partial charge on any atom is 0.333 e. The van der Waals surface area contributed by atoms with Gasteiger partial charge in [0.2, 0.25) is 0 Å². The zero-order valence-corrected chi connectivity index (χ0v) is 33.3. The normalized spacial score (nSPS) is 15.2. The van der Waals surface area contributed by atoms with Crippen LogP contribution in [0.1, 0.15) is 63.8 Å². The number of benzene rings is 6. The van der Waals surface area contributed by atoms with Crippen LogP contribution in [0.2, 0.25) is 13.1 Å². The van der Waals surface area contributed by atoms with E-state index in [0.29, 0.717) is 0 Å². The average molecular weight is 691 g/mol. The van der Waals surface area contributed by atoms with Crippen molar-refractivity contribution in [2.45, 2.75) is 79.3 Å². The molecule has 6 aromatic carbocycles. The number of nitrogens with zero attached hydrogens (tertiary/aromatic N) is 2. The molecule has 3 aliphatic rings. The van der Waals surface area contributed by atoms with Crippen LogP contribution in [0, 0.1) is 13.8 Å². The van der Waals surface area contributed by atoms with Crippen LogP contribution in [-0.4, -0.2) is 19.5 Å². The molecule has 1 aromatic heterocycles. The standard InChI is InChI=1S/C48H47BN2Si/c1-28-15-13-16-29(2)43(28)30-23-35-33-17-14-20-42-46(33)51(39-18-11-12-19-41(39)52(42,9)10)49-37-27-32(48(6,7)8)26-36-34-25-31(47(3,4)5)21-22-38(34)50(45(36)37)40(24-30)44(35)49/h11-27H,1-10H3. The number of aromatic nitrogens is 1. The second-order valence-corrected chi connectivity index (χ2v) is 22.7. The summed E-state index contributed by atoms with van der Waals surface area (Å²) in [7, 11) is -2.01. The number of anilines is 2. The van der Waals surface area contributed by atoms with Gasteiger partial charge in [-0.05, 0) is 121 Å². The molecule has 4 heterocycles. The number of hydrogen-bond donors (Lipinski definition) is 0. The van der Waals surface area contributed by atoms with E-state index in [4.69, 9.17) is 0 Å². The summed E-state index contributed by atoms with van der Waals surface area (Å²) in [4.78, 5) is 2.77. The van der Waals surface area contributed by atoms with Crippen molar-refractivity contribution in [1.29, 1.82) is 0 Å². The van der Waals surface area contributed by atoms with Crippen LogP contribution in [-0.2, 0) is 10.8 Å². The average Bonchev–Trinajstić information content (AvgIpc) is 3.43. The van der Waals surface area contributed by atoms with E-state index in [1.165, 1.54) is 105 Å². The lowest BCUT2D eigenvalue weighted by atomic mass is 9.43. The molecule has 4 heteroatoms. The lowest BCUT2D eigenvalue weighted by Crippen LogP contribution is -2.68. The number of fused-ring (bicyclic) bond motifs is 9. The molecule has 52 heavy (non-hydrogen) atoms. The Kier molecular flexibility index (Phi) is 6.26. The SMILES string of the molecule is Cc1cccc(C)c1-c1cc2c3c(c1)-n1c4ccc(C(C)(C)C)cc4c4cc(C(C)(C)C)cc(c41)B3N1c3ccccc3[Si](C)(C)c3cccc-2c31. The molecule has 0 saturated heterocycles. The van der Waals surface area contributed by atoms with Gasteiger partial charge < -0.3 is 9.38 Å². The van der Waals surface area contributed by atoms with E-state index in [1.54, 1.807) is 0 Å². The van der Waals surface area contributed by atoms with Gasteiger partial charge in [-0.3, -0.25) is 0 Å². The van der Waals surface area contributed by atoms with Gasteiger partial charge in [-0.15, -0.1) is 0 Å². The first-order chi connectivity index (χ1) is 24.7. The summed E-state index contributed by atoms with van der Waals surface area (Å²) in [5, 5.41) is 5.79. The summed E-state index contributed by atoms with van der Waals surface area (Å²) >= 11 is 0. The van der Waals surface area contributed by atoms with Crippen LogP contribution < -0.4 is 26.1 Å². The molecule has 2 nitrogen and oxygen atoms in total. The monoisotopic (exact) mass is 690 g/mol. The highest BCUT2D eigenvalue weighted by Gasteiger charge is 2.50. The molecule has 0 bridgehead atoms. The molecule has 0 spiro atoms. The summed E-state index contributed by atoms with van der Waals surface area (Å²) in [5.74, 6) is 0. The van der Waals surface area contributed by atoms with Crippen LogP contribution in [0.5, 0.6) is 0 Å². The van der Waals surface area contributed by atoms with Crippen molar-refractivity contribution >= 4 is 69.4 Å². The van der Waals surface area contributed by atoms with Gasteiger partial charge in [-0.1, -0.05) is 121 Å². The molecule has 0 saturated carbocycles. The Morgan fingerprint density at radius 2 is 1.27 bits per heavy atom. The zero-order valence-electron chi connectivity index (χ0n) is 32.3. The molecule has 256 valence electrons. The van der Waals surface area contributed by atoms with Crippen LogP contribution in [0.4, 0.5) is 11.4 Å². The second-order valence-electron chi connectivity index (χ2n) is 18.4. The van der Waals surface area contributed by atoms with E-state index in [-0.39, 0.29) is 17.7 Å². The van der Waals surface area contributed by atoms with Crippen molar-refractivity contribution in [3.8, 4) is 27.9 Å². The molecule has 0 aliphatic carbocycles. The van der Waals surface area contributed by atoms with Gasteiger partial charge in [0.15, 0.2) is 0 Å². The Labute approximate surface area is 310 Å². The van der Waals surface area contributed by atoms with E-state index in [0.717, 1.165) is 0 Å². The molecule has 0 atom stereocenters. The van der Waals surface area contributed by atoms with Gasteiger partial charge in [-0.25, -0.2) is 0 Å². The highest BCUT2D eigenvalue weighted by Crippen LogP contribution is 2.48. The molecule has 0 amide bonds. The van der Waals surface area contributed by atoms with Gasteiger partial charge in [0, 0.05) is 33.4 Å². The first-order valence-electron chi connectivity index (χ1n) is 19.1. The molecule has 0 unspecified atom stereocenters. The number of rotatable bonds is 1. The van der Waals surface area contributed by atoms with Crippen molar-refractivity contribution in [3.63, 3.8) is 0 Å². The van der Waals surface area contributed by atoms with Crippen LogP contribution >= 0.6 is 0 Å². The van der Waals surface area contributed by atoms with Gasteiger partial charge in [0.1, 0.15) is 8.07 Å². The zero-order chi connectivity index (χ0) is 36.2. The van der Waals surface area contributed by atoms with Crippen molar-refractivity contribution in [2.75, 3.05) is 4.81 Å². The van der Waals surface area contributed by atoms with Crippen LogP contribution in [0.25, 0.3) is 49.7 Å². The molecule has 10 rings (SSSR count). The molecule has 0 fully saturated rings. The predicted molar refractivity (Wildman–Crippen MR) is 229 cm³/mol. The van der Waals surface area contributed by atoms with Gasteiger partial charge in [0.05, 0.1) is 11.0 Å². The number of hydrogen-bond acceptors (Lipinski definition) is 1. The fourth-order valence-corrected chi connectivity index (χ4v) is 13.0. The minimum absolute atomic E-state index is 0.0114. The molecule has 0 N–H and O–H groups in total. The molecule has 7 aromatic rings. The van der Waals surface area contributed by atoms with E-state index < -0.39 is 8.07 Å². The van der Waals surface area contributed by atoms with Crippen LogP contribution in [0.3, 0.4) is 0 Å². The smallest absolute Gasteiger partial charge is 0.333 e. The van der Waals surface area contributed by atoms with Gasteiger partial charge in [-0.2, -0.15) is 0 Å². The number of para-hydroxylation sites is 2. The molecular weight excluding hydrogens is 643 g/mol. The largest absolute Gasteiger partial charge is 0.377 e. The Hall–Kier alpha value is -4.80. The Balaban J connectivity index is 1.44. The molecular formula is C48H47BN2Si. The quantitative estimate of drug-likeness (QED) is 0.156. The van der Waals surface area contributed by atoms with E-state index in [9.17, 15) is 0 Å². The molecule has 0 radical (unpaired) electrons. The first-order valence-corrected chi connectivity index (χ1v) is 22.1. The number of aryl methyl sites for hydroxylation is 2. The van der Waals surface area contributed by atoms with Crippen molar-refractivity contribution in [1.82, 2.24) is 4.57 Å². The molecule has 3 aliphatic heterocycles. The third-order valence-electron chi connectivity index (χ3n) is 12.7. The highest BCUT2D eigenvalue weighted by molar-refractivity contribution is 7.05. The lowest BCUT2D eigenvalue weighted by molar-refractivity contribution is 0.590.